The van der Waals surface area contributed by atoms with Gasteiger partial charge in [0.1, 0.15) is 0 Å². The van der Waals surface area contributed by atoms with Gasteiger partial charge in [-0.05, 0) is 37.1 Å². The second-order valence-electron chi connectivity index (χ2n) is 3.69. The number of carboxylic acid groups (broad SMARTS) is 2. The molecule has 0 bridgehead atoms. The van der Waals surface area contributed by atoms with E-state index in [-0.39, 0.29) is 5.56 Å². The maximum atomic E-state index is 10.3. The summed E-state index contributed by atoms with van der Waals surface area (Å²) < 4.78 is 4.81. The molecule has 18 heavy (non-hydrogen) atoms. The van der Waals surface area contributed by atoms with Crippen molar-refractivity contribution in [2.75, 3.05) is 6.61 Å². The van der Waals surface area contributed by atoms with E-state index in [1.165, 1.54) is 12.1 Å². The van der Waals surface area contributed by atoms with Crippen LogP contribution < -0.4 is 0 Å². The molecule has 0 radical (unpaired) electrons. The summed E-state index contributed by atoms with van der Waals surface area (Å²) in [5, 5.41) is 16.7. The van der Waals surface area contributed by atoms with Crippen LogP contribution in [0.1, 0.15) is 23.2 Å². The standard InChI is InChI=1S/C7H6O2S.C5H8O3/c8-7(9)5-1-3-6(10)4-2-5;6-5(7)4-2-1-3-8-4/h1-4,10H,(H,8,9);4H,1-3H2,(H,6,7). The van der Waals surface area contributed by atoms with Crippen molar-refractivity contribution in [3.63, 3.8) is 0 Å². The van der Waals surface area contributed by atoms with Gasteiger partial charge in [0.25, 0.3) is 0 Å². The molecule has 1 aliphatic rings. The first-order valence-corrected chi connectivity index (χ1v) is 5.82. The third kappa shape index (κ3) is 4.77. The Kier molecular flexibility index (Phi) is 5.67. The molecule has 1 aromatic carbocycles. The van der Waals surface area contributed by atoms with Crippen LogP contribution in [0.25, 0.3) is 0 Å². The Hall–Kier alpha value is -1.53. The summed E-state index contributed by atoms with van der Waals surface area (Å²) in [6.45, 7) is 0.608. The first kappa shape index (κ1) is 14.5. The highest BCUT2D eigenvalue weighted by Crippen LogP contribution is 2.11. The Morgan fingerprint density at radius 2 is 1.83 bits per heavy atom. The molecule has 0 aromatic heterocycles. The summed E-state index contributed by atoms with van der Waals surface area (Å²) in [5.41, 5.74) is 0.290. The zero-order valence-electron chi connectivity index (χ0n) is 9.57. The molecule has 1 fully saturated rings. The largest absolute Gasteiger partial charge is 0.479 e. The van der Waals surface area contributed by atoms with Crippen LogP contribution in [0.3, 0.4) is 0 Å². The van der Waals surface area contributed by atoms with Crippen LogP contribution >= 0.6 is 12.6 Å². The van der Waals surface area contributed by atoms with Gasteiger partial charge in [-0.2, -0.15) is 0 Å². The number of hydrogen-bond acceptors (Lipinski definition) is 4. The Labute approximate surface area is 110 Å². The first-order chi connectivity index (χ1) is 8.50. The third-order valence-electron chi connectivity index (χ3n) is 2.32. The molecule has 1 heterocycles. The van der Waals surface area contributed by atoms with E-state index in [1.54, 1.807) is 12.1 Å². The minimum absolute atomic E-state index is 0.290. The Morgan fingerprint density at radius 3 is 2.17 bits per heavy atom. The van der Waals surface area contributed by atoms with Gasteiger partial charge in [-0.25, -0.2) is 9.59 Å². The van der Waals surface area contributed by atoms with E-state index in [0.29, 0.717) is 13.0 Å². The lowest BCUT2D eigenvalue weighted by Gasteiger charge is -1.98. The van der Waals surface area contributed by atoms with Crippen molar-refractivity contribution in [1.82, 2.24) is 0 Å². The lowest BCUT2D eigenvalue weighted by Crippen LogP contribution is -2.17. The molecule has 1 unspecified atom stereocenters. The van der Waals surface area contributed by atoms with Gasteiger partial charge in [-0.1, -0.05) is 0 Å². The average Bonchev–Trinajstić information content (AvgIpc) is 2.84. The molecule has 0 spiro atoms. The fraction of sp³-hybridized carbons (Fsp3) is 0.333. The molecule has 2 rings (SSSR count). The van der Waals surface area contributed by atoms with E-state index < -0.39 is 18.0 Å². The van der Waals surface area contributed by atoms with Gasteiger partial charge in [-0.15, -0.1) is 12.6 Å². The zero-order valence-corrected chi connectivity index (χ0v) is 10.5. The molecule has 2 N–H and O–H groups in total. The van der Waals surface area contributed by atoms with Crippen molar-refractivity contribution < 1.29 is 24.5 Å². The molecular formula is C12H14O5S. The number of thiol groups is 1. The second-order valence-corrected chi connectivity index (χ2v) is 4.21. The van der Waals surface area contributed by atoms with Gasteiger partial charge in [0.05, 0.1) is 5.56 Å². The average molecular weight is 270 g/mol. The summed E-state index contributed by atoms with van der Waals surface area (Å²) in [5.74, 6) is -1.74. The predicted molar refractivity (Wildman–Crippen MR) is 67.3 cm³/mol. The molecule has 0 aliphatic carbocycles. The summed E-state index contributed by atoms with van der Waals surface area (Å²) >= 11 is 4.01. The van der Waals surface area contributed by atoms with Crippen LogP contribution in [0.5, 0.6) is 0 Å². The van der Waals surface area contributed by atoms with Crippen LogP contribution in [0.15, 0.2) is 29.2 Å². The van der Waals surface area contributed by atoms with Crippen molar-refractivity contribution in [1.29, 1.82) is 0 Å². The minimum Gasteiger partial charge on any atom is -0.479 e. The smallest absolute Gasteiger partial charge is 0.335 e. The van der Waals surface area contributed by atoms with Crippen LogP contribution in [0, 0.1) is 0 Å². The van der Waals surface area contributed by atoms with E-state index in [2.05, 4.69) is 12.6 Å². The van der Waals surface area contributed by atoms with E-state index in [9.17, 15) is 9.59 Å². The Morgan fingerprint density at radius 1 is 1.22 bits per heavy atom. The molecule has 0 amide bonds. The SMILES string of the molecule is O=C(O)C1CCCO1.O=C(O)c1ccc(S)cc1. The van der Waals surface area contributed by atoms with Crippen LogP contribution in [0.4, 0.5) is 0 Å². The van der Waals surface area contributed by atoms with Crippen LogP contribution in [-0.2, 0) is 9.53 Å². The fourth-order valence-electron chi connectivity index (χ4n) is 1.38. The number of carbonyl (C=O) groups is 2. The monoisotopic (exact) mass is 270 g/mol. The first-order valence-electron chi connectivity index (χ1n) is 5.37. The van der Waals surface area contributed by atoms with Crippen LogP contribution in [-0.4, -0.2) is 34.9 Å². The van der Waals surface area contributed by atoms with Gasteiger partial charge >= 0.3 is 11.9 Å². The Balaban J connectivity index is 0.000000184. The van der Waals surface area contributed by atoms with E-state index >= 15 is 0 Å². The third-order valence-corrected chi connectivity index (χ3v) is 2.62. The van der Waals surface area contributed by atoms with Crippen molar-refractivity contribution in [3.8, 4) is 0 Å². The highest BCUT2D eigenvalue weighted by Gasteiger charge is 2.21. The molecule has 1 atom stereocenters. The Bertz CT molecular complexity index is 409. The van der Waals surface area contributed by atoms with E-state index in [1.807, 2.05) is 0 Å². The number of ether oxygens (including phenoxy) is 1. The zero-order chi connectivity index (χ0) is 13.5. The van der Waals surface area contributed by atoms with Gasteiger partial charge < -0.3 is 14.9 Å². The van der Waals surface area contributed by atoms with Gasteiger partial charge in [-0.3, -0.25) is 0 Å². The maximum Gasteiger partial charge on any atom is 0.335 e. The van der Waals surface area contributed by atoms with Gasteiger partial charge in [0.15, 0.2) is 6.10 Å². The lowest BCUT2D eigenvalue weighted by molar-refractivity contribution is -0.147. The van der Waals surface area contributed by atoms with Crippen molar-refractivity contribution in [3.05, 3.63) is 29.8 Å². The fourth-order valence-corrected chi connectivity index (χ4v) is 1.53. The predicted octanol–water partition coefficient (Wildman–Crippen LogP) is 1.92. The topological polar surface area (TPSA) is 83.8 Å². The maximum absolute atomic E-state index is 10.3. The van der Waals surface area contributed by atoms with E-state index in [0.717, 1.165) is 11.3 Å². The number of aromatic carboxylic acids is 1. The summed E-state index contributed by atoms with van der Waals surface area (Å²) in [7, 11) is 0. The van der Waals surface area contributed by atoms with Crippen molar-refractivity contribution >= 4 is 24.6 Å². The number of rotatable bonds is 2. The number of carboxylic acids is 2. The number of hydrogen-bond donors (Lipinski definition) is 3. The molecule has 5 nitrogen and oxygen atoms in total. The molecule has 98 valence electrons. The normalized spacial score (nSPS) is 17.7. The second kappa shape index (κ2) is 7.03. The van der Waals surface area contributed by atoms with E-state index in [4.69, 9.17) is 14.9 Å². The number of benzene rings is 1. The molecule has 6 heteroatoms. The molecule has 1 aromatic rings. The molecule has 1 aliphatic heterocycles. The highest BCUT2D eigenvalue weighted by atomic mass is 32.1. The molecule has 1 saturated heterocycles. The molecule has 0 saturated carbocycles. The van der Waals surface area contributed by atoms with Gasteiger partial charge in [0.2, 0.25) is 0 Å². The van der Waals surface area contributed by atoms with Crippen molar-refractivity contribution in [2.45, 2.75) is 23.8 Å². The summed E-state index contributed by atoms with van der Waals surface area (Å²) in [6.07, 6.45) is 1.04. The van der Waals surface area contributed by atoms with Crippen LogP contribution in [0.2, 0.25) is 0 Å². The lowest BCUT2D eigenvalue weighted by atomic mass is 10.2. The molecular weight excluding hydrogens is 256 g/mol. The quantitative estimate of drug-likeness (QED) is 0.715. The number of aliphatic carboxylic acids is 1. The van der Waals surface area contributed by atoms with Gasteiger partial charge in [0, 0.05) is 11.5 Å². The summed E-state index contributed by atoms with van der Waals surface area (Å²) in [4.78, 5) is 21.1. The minimum atomic E-state index is -0.909. The van der Waals surface area contributed by atoms with Crippen molar-refractivity contribution in [2.24, 2.45) is 0 Å². The highest BCUT2D eigenvalue weighted by molar-refractivity contribution is 7.80. The summed E-state index contributed by atoms with van der Waals surface area (Å²) in [6, 6.07) is 6.33.